The Morgan fingerprint density at radius 1 is 1.15 bits per heavy atom. The average molecular weight is 274 g/mol. The van der Waals surface area contributed by atoms with Crippen LogP contribution in [0.4, 0.5) is 0 Å². The van der Waals surface area contributed by atoms with Crippen LogP contribution < -0.4 is 5.32 Å². The van der Waals surface area contributed by atoms with Crippen molar-refractivity contribution in [3.05, 3.63) is 29.4 Å². The lowest BCUT2D eigenvalue weighted by molar-refractivity contribution is 0.355. The molecule has 2 aromatic rings. The van der Waals surface area contributed by atoms with E-state index < -0.39 is 0 Å². The summed E-state index contributed by atoms with van der Waals surface area (Å²) in [5.41, 5.74) is 2.89. The van der Waals surface area contributed by atoms with Crippen LogP contribution in [-0.4, -0.2) is 27.7 Å². The lowest BCUT2D eigenvalue weighted by Crippen LogP contribution is -2.30. The van der Waals surface area contributed by atoms with Gasteiger partial charge in [0.15, 0.2) is 0 Å². The second-order valence-corrected chi connectivity index (χ2v) is 5.02. The Morgan fingerprint density at radius 2 is 1.85 bits per heavy atom. The summed E-state index contributed by atoms with van der Waals surface area (Å²) < 4.78 is 5.36. The molecule has 0 spiro atoms. The zero-order valence-electron chi connectivity index (χ0n) is 12.6. The van der Waals surface area contributed by atoms with Crippen molar-refractivity contribution in [1.82, 2.24) is 20.4 Å². The van der Waals surface area contributed by atoms with Crippen LogP contribution in [0, 0.1) is 13.8 Å². The molecule has 108 valence electrons. The molecule has 0 aromatic carbocycles. The molecule has 20 heavy (non-hydrogen) atoms. The van der Waals surface area contributed by atoms with Gasteiger partial charge < -0.3 is 9.84 Å². The Labute approximate surface area is 119 Å². The van der Waals surface area contributed by atoms with Gasteiger partial charge in [-0.25, -0.2) is 0 Å². The third-order valence-electron chi connectivity index (χ3n) is 3.21. The molecule has 2 aromatic heterocycles. The van der Waals surface area contributed by atoms with Crippen molar-refractivity contribution >= 4 is 0 Å². The first-order valence-corrected chi connectivity index (χ1v) is 7.14. The fourth-order valence-corrected chi connectivity index (χ4v) is 2.28. The normalized spacial score (nSPS) is 12.6. The summed E-state index contributed by atoms with van der Waals surface area (Å²) in [5.74, 6) is 1.32. The summed E-state index contributed by atoms with van der Waals surface area (Å²) in [4.78, 5) is 8.84. The second kappa shape index (κ2) is 6.61. The number of pyridine rings is 1. The summed E-state index contributed by atoms with van der Waals surface area (Å²) in [6, 6.07) is 4.33. The Bertz CT molecular complexity index is 545. The molecule has 1 unspecified atom stereocenters. The number of hydrogen-bond acceptors (Lipinski definition) is 5. The number of rotatable bonds is 6. The minimum absolute atomic E-state index is 0.384. The third kappa shape index (κ3) is 3.63. The van der Waals surface area contributed by atoms with Crippen molar-refractivity contribution in [3.63, 3.8) is 0 Å². The molecule has 0 bridgehead atoms. The van der Waals surface area contributed by atoms with Gasteiger partial charge in [0.2, 0.25) is 11.7 Å². The van der Waals surface area contributed by atoms with Crippen LogP contribution >= 0.6 is 0 Å². The van der Waals surface area contributed by atoms with E-state index in [0.29, 0.717) is 17.8 Å². The minimum atomic E-state index is 0.384. The monoisotopic (exact) mass is 274 g/mol. The van der Waals surface area contributed by atoms with Crippen molar-refractivity contribution in [3.8, 4) is 11.4 Å². The fourth-order valence-electron chi connectivity index (χ4n) is 2.28. The number of aryl methyl sites for hydroxylation is 2. The zero-order valence-corrected chi connectivity index (χ0v) is 12.6. The van der Waals surface area contributed by atoms with E-state index in [0.717, 1.165) is 36.3 Å². The van der Waals surface area contributed by atoms with E-state index in [1.807, 2.05) is 26.0 Å². The predicted molar refractivity (Wildman–Crippen MR) is 78.5 cm³/mol. The molecule has 0 aliphatic heterocycles. The van der Waals surface area contributed by atoms with Crippen LogP contribution in [0.15, 0.2) is 16.7 Å². The molecule has 2 rings (SSSR count). The van der Waals surface area contributed by atoms with Crippen LogP contribution in [0.3, 0.4) is 0 Å². The van der Waals surface area contributed by atoms with Gasteiger partial charge in [-0.2, -0.15) is 4.98 Å². The standard InChI is InChI=1S/C15H22N4O/c1-5-13(16-6-2)9-14-18-15(19-20-14)12-7-10(3)17-11(4)8-12/h7-8,13,16H,5-6,9H2,1-4H3. The van der Waals surface area contributed by atoms with Crippen LogP contribution in [-0.2, 0) is 6.42 Å². The Morgan fingerprint density at radius 3 is 2.45 bits per heavy atom. The molecule has 1 N–H and O–H groups in total. The quantitative estimate of drug-likeness (QED) is 0.877. The van der Waals surface area contributed by atoms with E-state index in [1.165, 1.54) is 0 Å². The highest BCUT2D eigenvalue weighted by atomic mass is 16.5. The van der Waals surface area contributed by atoms with Crippen LogP contribution in [0.5, 0.6) is 0 Å². The van der Waals surface area contributed by atoms with Crippen LogP contribution in [0.1, 0.15) is 37.5 Å². The molecule has 2 heterocycles. The van der Waals surface area contributed by atoms with Gasteiger partial charge >= 0.3 is 0 Å². The van der Waals surface area contributed by atoms with E-state index >= 15 is 0 Å². The number of nitrogens with one attached hydrogen (secondary N) is 1. The molecule has 5 heteroatoms. The SMILES string of the molecule is CCNC(CC)Cc1nc(-c2cc(C)nc(C)c2)no1. The smallest absolute Gasteiger partial charge is 0.228 e. The van der Waals surface area contributed by atoms with E-state index in [1.54, 1.807) is 0 Å². The van der Waals surface area contributed by atoms with E-state index in [9.17, 15) is 0 Å². The number of aromatic nitrogens is 3. The molecule has 0 radical (unpaired) electrons. The number of nitrogens with zero attached hydrogens (tertiary/aromatic N) is 3. The summed E-state index contributed by atoms with van der Waals surface area (Å²) in [6.45, 7) is 9.14. The van der Waals surface area contributed by atoms with Crippen molar-refractivity contribution in [1.29, 1.82) is 0 Å². The molecular weight excluding hydrogens is 252 g/mol. The fraction of sp³-hybridized carbons (Fsp3) is 0.533. The van der Waals surface area contributed by atoms with Gasteiger partial charge in [-0.1, -0.05) is 19.0 Å². The van der Waals surface area contributed by atoms with E-state index in [2.05, 4.69) is 34.3 Å². The Balaban J connectivity index is 2.15. The summed E-state index contributed by atoms with van der Waals surface area (Å²) in [5, 5.41) is 7.48. The average Bonchev–Trinajstić information content (AvgIpc) is 2.85. The van der Waals surface area contributed by atoms with E-state index in [-0.39, 0.29) is 0 Å². The topological polar surface area (TPSA) is 63.8 Å². The Kier molecular flexibility index (Phi) is 4.84. The molecule has 0 saturated heterocycles. The van der Waals surface area contributed by atoms with Gasteiger partial charge in [-0.3, -0.25) is 4.98 Å². The first kappa shape index (κ1) is 14.7. The van der Waals surface area contributed by atoms with Crippen molar-refractivity contribution in [2.45, 2.75) is 46.6 Å². The lowest BCUT2D eigenvalue weighted by atomic mass is 10.1. The molecule has 1 atom stereocenters. The highest BCUT2D eigenvalue weighted by Gasteiger charge is 2.13. The molecule has 0 saturated carbocycles. The number of likely N-dealkylation sites (N-methyl/N-ethyl adjacent to an activating group) is 1. The minimum Gasteiger partial charge on any atom is -0.339 e. The molecular formula is C15H22N4O. The highest BCUT2D eigenvalue weighted by Crippen LogP contribution is 2.18. The van der Waals surface area contributed by atoms with Gasteiger partial charge in [0.25, 0.3) is 0 Å². The summed E-state index contributed by atoms with van der Waals surface area (Å²) >= 11 is 0. The summed E-state index contributed by atoms with van der Waals surface area (Å²) in [7, 11) is 0. The van der Waals surface area contributed by atoms with Crippen molar-refractivity contribution in [2.75, 3.05) is 6.54 Å². The maximum Gasteiger partial charge on any atom is 0.228 e. The lowest BCUT2D eigenvalue weighted by Gasteiger charge is -2.12. The predicted octanol–water partition coefficient (Wildman–Crippen LogP) is 2.68. The Hall–Kier alpha value is -1.75. The third-order valence-corrected chi connectivity index (χ3v) is 3.21. The molecule has 0 amide bonds. The maximum atomic E-state index is 5.36. The highest BCUT2D eigenvalue weighted by molar-refractivity contribution is 5.55. The van der Waals surface area contributed by atoms with Crippen LogP contribution in [0.25, 0.3) is 11.4 Å². The first-order valence-electron chi connectivity index (χ1n) is 7.14. The summed E-state index contributed by atoms with van der Waals surface area (Å²) in [6.07, 6.45) is 1.80. The zero-order chi connectivity index (χ0) is 14.5. The molecule has 0 aliphatic carbocycles. The van der Waals surface area contributed by atoms with Gasteiger partial charge in [0, 0.05) is 29.4 Å². The van der Waals surface area contributed by atoms with Gasteiger partial charge in [-0.05, 0) is 38.9 Å². The van der Waals surface area contributed by atoms with Gasteiger partial charge in [0.05, 0.1) is 0 Å². The van der Waals surface area contributed by atoms with Crippen LogP contribution in [0.2, 0.25) is 0 Å². The van der Waals surface area contributed by atoms with Gasteiger partial charge in [0.1, 0.15) is 0 Å². The largest absolute Gasteiger partial charge is 0.339 e. The van der Waals surface area contributed by atoms with E-state index in [4.69, 9.17) is 4.52 Å². The maximum absolute atomic E-state index is 5.36. The molecule has 5 nitrogen and oxygen atoms in total. The van der Waals surface area contributed by atoms with Crippen molar-refractivity contribution in [2.24, 2.45) is 0 Å². The first-order chi connectivity index (χ1) is 9.62. The second-order valence-electron chi connectivity index (χ2n) is 5.02. The van der Waals surface area contributed by atoms with Gasteiger partial charge in [-0.15, -0.1) is 0 Å². The van der Waals surface area contributed by atoms with Crippen molar-refractivity contribution < 1.29 is 4.52 Å². The molecule has 0 aliphatic rings. The molecule has 0 fully saturated rings. The number of hydrogen-bond donors (Lipinski definition) is 1.